The first-order valence-corrected chi connectivity index (χ1v) is 9.83. The Balaban J connectivity index is 1.61. The molecule has 2 fully saturated rings. The second-order valence-electron chi connectivity index (χ2n) is 7.62. The summed E-state index contributed by atoms with van der Waals surface area (Å²) in [7, 11) is 1.53. The second kappa shape index (κ2) is 7.22. The Hall–Kier alpha value is -2.38. The third-order valence-electron chi connectivity index (χ3n) is 5.84. The van der Waals surface area contributed by atoms with E-state index in [-0.39, 0.29) is 35.7 Å². The van der Waals surface area contributed by atoms with Gasteiger partial charge in [0.15, 0.2) is 5.69 Å². The van der Waals surface area contributed by atoms with Crippen LogP contribution in [0.25, 0.3) is 0 Å². The van der Waals surface area contributed by atoms with Crippen LogP contribution in [0.15, 0.2) is 30.3 Å². The van der Waals surface area contributed by atoms with E-state index in [1.165, 1.54) is 13.1 Å². The Morgan fingerprint density at radius 1 is 1.25 bits per heavy atom. The second-order valence-corrected chi connectivity index (χ2v) is 8.06. The molecule has 0 aliphatic heterocycles. The van der Waals surface area contributed by atoms with E-state index in [0.29, 0.717) is 22.6 Å². The first-order valence-electron chi connectivity index (χ1n) is 9.45. The monoisotopic (exact) mass is 402 g/mol. The van der Waals surface area contributed by atoms with Gasteiger partial charge in [0, 0.05) is 24.2 Å². The number of aliphatic hydroxyl groups excluding tert-OH is 1. The van der Waals surface area contributed by atoms with Crippen LogP contribution in [-0.4, -0.2) is 45.9 Å². The lowest BCUT2D eigenvalue weighted by molar-refractivity contribution is 0.0923. The van der Waals surface area contributed by atoms with Gasteiger partial charge in [-0.1, -0.05) is 23.7 Å². The van der Waals surface area contributed by atoms with Crippen LogP contribution in [0.5, 0.6) is 0 Å². The molecule has 3 N–H and O–H groups in total. The number of aromatic nitrogens is 2. The highest BCUT2D eigenvalue weighted by Crippen LogP contribution is 2.52. The first kappa shape index (κ1) is 19.0. The van der Waals surface area contributed by atoms with Gasteiger partial charge in [-0.15, -0.1) is 0 Å². The molecule has 0 unspecified atom stereocenters. The number of nitrogens with zero attached hydrogens (tertiary/aromatic N) is 2. The number of hydrogen-bond donors (Lipinski definition) is 3. The van der Waals surface area contributed by atoms with Crippen molar-refractivity contribution in [2.24, 2.45) is 11.8 Å². The van der Waals surface area contributed by atoms with E-state index in [1.807, 2.05) is 25.1 Å². The molecule has 2 aliphatic carbocycles. The summed E-state index contributed by atoms with van der Waals surface area (Å²) >= 11 is 6.11. The highest BCUT2D eigenvalue weighted by atomic mass is 35.5. The molecule has 1 heterocycles. The molecule has 8 heteroatoms. The first-order chi connectivity index (χ1) is 13.4. The van der Waals surface area contributed by atoms with Crippen molar-refractivity contribution in [3.63, 3.8) is 0 Å². The Labute approximate surface area is 168 Å². The average Bonchev–Trinajstić information content (AvgIpc) is 3.06. The molecule has 0 radical (unpaired) electrons. The summed E-state index contributed by atoms with van der Waals surface area (Å²) in [6, 6.07) is 8.68. The van der Waals surface area contributed by atoms with Gasteiger partial charge in [0.05, 0.1) is 12.1 Å². The summed E-state index contributed by atoms with van der Waals surface area (Å²) < 4.78 is 1.57. The van der Waals surface area contributed by atoms with Crippen molar-refractivity contribution in [1.82, 2.24) is 20.4 Å². The van der Waals surface area contributed by atoms with E-state index in [9.17, 15) is 14.7 Å². The number of aliphatic hydroxyl groups is 1. The summed E-state index contributed by atoms with van der Waals surface area (Å²) in [6.07, 6.45) is 1.21. The standard InChI is InChI=1S/C20H23ClN4O3/c1-10(11-4-3-5-12(21)6-11)25-17(9-16(24-25)19(27)22-2)20(28)23-18-14-7-13(26)8-15(14)18/h3-6,9-10,13-15,18,26H,7-8H2,1-2H3,(H,22,27)(H,23,28)/t10-,13-,14+,15-,18-/m0/s1. The minimum Gasteiger partial charge on any atom is -0.393 e. The molecular weight excluding hydrogens is 380 g/mol. The van der Waals surface area contributed by atoms with Crippen LogP contribution in [0, 0.1) is 11.8 Å². The van der Waals surface area contributed by atoms with Gasteiger partial charge in [-0.05, 0) is 49.3 Å². The summed E-state index contributed by atoms with van der Waals surface area (Å²) in [5.74, 6) is 0.0844. The van der Waals surface area contributed by atoms with Crippen LogP contribution in [0.4, 0.5) is 0 Å². The molecule has 2 saturated carbocycles. The number of hydrogen-bond acceptors (Lipinski definition) is 4. The highest BCUT2D eigenvalue weighted by Gasteiger charge is 2.56. The number of amides is 2. The molecule has 5 atom stereocenters. The zero-order valence-electron chi connectivity index (χ0n) is 15.7. The molecule has 148 valence electrons. The zero-order valence-corrected chi connectivity index (χ0v) is 16.5. The SMILES string of the molecule is CNC(=O)c1cc(C(=O)N[C@H]2[C@@H]3C[C@H](O)C[C@@H]32)n([C@@H](C)c2cccc(Cl)c2)n1. The maximum absolute atomic E-state index is 13.0. The maximum Gasteiger partial charge on any atom is 0.271 e. The van der Waals surface area contributed by atoms with Crippen LogP contribution in [0.3, 0.4) is 0 Å². The van der Waals surface area contributed by atoms with E-state index >= 15 is 0 Å². The Bertz CT molecular complexity index is 916. The van der Waals surface area contributed by atoms with Crippen molar-refractivity contribution in [1.29, 1.82) is 0 Å². The van der Waals surface area contributed by atoms with Crippen LogP contribution in [0.2, 0.25) is 5.02 Å². The number of carbonyl (C=O) groups excluding carboxylic acids is 2. The molecule has 4 rings (SSSR count). The van der Waals surface area contributed by atoms with E-state index in [4.69, 9.17) is 11.6 Å². The molecule has 1 aromatic heterocycles. The fraction of sp³-hybridized carbons (Fsp3) is 0.450. The number of halogens is 1. The normalized spacial score (nSPS) is 26.4. The van der Waals surface area contributed by atoms with Crippen LogP contribution >= 0.6 is 11.6 Å². The van der Waals surface area contributed by atoms with E-state index in [2.05, 4.69) is 15.7 Å². The number of fused-ring (bicyclic) bond motifs is 1. The molecule has 0 bridgehead atoms. The molecule has 2 aliphatic rings. The quantitative estimate of drug-likeness (QED) is 0.712. The minimum atomic E-state index is -0.350. The molecule has 1 aromatic carbocycles. The fourth-order valence-electron chi connectivity index (χ4n) is 4.26. The summed E-state index contributed by atoms with van der Waals surface area (Å²) in [5, 5.41) is 20.2. The van der Waals surface area contributed by atoms with Crippen molar-refractivity contribution in [3.8, 4) is 0 Å². The van der Waals surface area contributed by atoms with Crippen molar-refractivity contribution < 1.29 is 14.7 Å². The van der Waals surface area contributed by atoms with Crippen LogP contribution in [-0.2, 0) is 0 Å². The lowest BCUT2D eigenvalue weighted by Gasteiger charge is -2.17. The zero-order chi connectivity index (χ0) is 20.0. The predicted octanol–water partition coefficient (Wildman–Crippen LogP) is 2.00. The third kappa shape index (κ3) is 3.40. The van der Waals surface area contributed by atoms with Gasteiger partial charge in [0.25, 0.3) is 11.8 Å². The summed E-state index contributed by atoms with van der Waals surface area (Å²) in [5.41, 5.74) is 1.41. The van der Waals surface area contributed by atoms with Gasteiger partial charge in [0.1, 0.15) is 5.69 Å². The molecule has 7 nitrogen and oxygen atoms in total. The highest BCUT2D eigenvalue weighted by molar-refractivity contribution is 6.30. The number of carbonyl (C=O) groups is 2. The third-order valence-corrected chi connectivity index (χ3v) is 6.08. The molecule has 0 spiro atoms. The average molecular weight is 403 g/mol. The van der Waals surface area contributed by atoms with E-state index < -0.39 is 0 Å². The molecule has 0 saturated heterocycles. The largest absolute Gasteiger partial charge is 0.393 e. The smallest absolute Gasteiger partial charge is 0.271 e. The van der Waals surface area contributed by atoms with Crippen LogP contribution in [0.1, 0.15) is 52.3 Å². The number of benzene rings is 1. The maximum atomic E-state index is 13.0. The van der Waals surface area contributed by atoms with Crippen molar-refractivity contribution in [2.45, 2.75) is 38.0 Å². The van der Waals surface area contributed by atoms with Crippen molar-refractivity contribution in [2.75, 3.05) is 7.05 Å². The predicted molar refractivity (Wildman–Crippen MR) is 104 cm³/mol. The Morgan fingerprint density at radius 2 is 1.96 bits per heavy atom. The van der Waals surface area contributed by atoms with Gasteiger partial charge >= 0.3 is 0 Å². The number of rotatable bonds is 5. The van der Waals surface area contributed by atoms with Gasteiger partial charge in [0.2, 0.25) is 0 Å². The molecule has 2 amide bonds. The number of nitrogens with one attached hydrogen (secondary N) is 2. The Kier molecular flexibility index (Phi) is 4.89. The van der Waals surface area contributed by atoms with Crippen LogP contribution < -0.4 is 10.6 Å². The van der Waals surface area contributed by atoms with E-state index in [0.717, 1.165) is 18.4 Å². The lowest BCUT2D eigenvalue weighted by Crippen LogP contribution is -2.32. The van der Waals surface area contributed by atoms with E-state index in [1.54, 1.807) is 10.7 Å². The fourth-order valence-corrected chi connectivity index (χ4v) is 4.46. The van der Waals surface area contributed by atoms with Crippen molar-refractivity contribution in [3.05, 3.63) is 52.3 Å². The molecule has 2 aromatic rings. The van der Waals surface area contributed by atoms with Gasteiger partial charge in [-0.2, -0.15) is 5.10 Å². The lowest BCUT2D eigenvalue weighted by atomic mass is 10.1. The van der Waals surface area contributed by atoms with Crippen molar-refractivity contribution >= 4 is 23.4 Å². The molecular formula is C20H23ClN4O3. The Morgan fingerprint density at radius 3 is 2.61 bits per heavy atom. The molecule has 28 heavy (non-hydrogen) atoms. The van der Waals surface area contributed by atoms with Gasteiger partial charge in [-0.25, -0.2) is 0 Å². The summed E-state index contributed by atoms with van der Waals surface area (Å²) in [6.45, 7) is 1.91. The van der Waals surface area contributed by atoms with Gasteiger partial charge in [-0.3, -0.25) is 14.3 Å². The summed E-state index contributed by atoms with van der Waals surface area (Å²) in [4.78, 5) is 25.0. The van der Waals surface area contributed by atoms with Gasteiger partial charge < -0.3 is 15.7 Å². The minimum absolute atomic E-state index is 0.0872. The topological polar surface area (TPSA) is 96.3 Å².